The first-order valence-corrected chi connectivity index (χ1v) is 11.3. The number of aryl methyl sites for hydroxylation is 2. The molecule has 0 unspecified atom stereocenters. The second-order valence-corrected chi connectivity index (χ2v) is 8.07. The Labute approximate surface area is 207 Å². The van der Waals surface area contributed by atoms with Crippen LogP contribution in [0.15, 0.2) is 60.7 Å². The number of hydrogen-bond donors (Lipinski definition) is 0. The molecule has 4 rings (SSSR count). The van der Waals surface area contributed by atoms with Crippen molar-refractivity contribution in [3.05, 3.63) is 94.0 Å². The van der Waals surface area contributed by atoms with E-state index in [9.17, 15) is 19.2 Å². The molecule has 184 valence electrons. The Bertz CT molecular complexity index is 1310. The van der Waals surface area contributed by atoms with Crippen molar-refractivity contribution in [2.24, 2.45) is 0 Å². The van der Waals surface area contributed by atoms with Crippen molar-refractivity contribution in [2.45, 2.75) is 12.8 Å². The largest absolute Gasteiger partial charge is 0.486 e. The Hall–Kier alpha value is -4.46. The molecule has 8 nitrogen and oxygen atoms in total. The van der Waals surface area contributed by atoms with Crippen LogP contribution in [0.4, 0.5) is 0 Å². The first-order valence-electron chi connectivity index (χ1n) is 11.3. The fraction of sp³-hybridized carbons (Fsp3) is 0.214. The standard InChI is InChI=1S/C28H24O8/c1-33-27(31)19-6-3-17(4-7-19)5-8-21-15-23-24(36-14-13-35-23)16-22(21)26(30)25(29)18-9-11-20(12-10-18)28(32)34-2/h3-4,6-7,9-12,15-16H,5,8,13-14H2,1-2H3. The molecule has 0 radical (unpaired) electrons. The van der Waals surface area contributed by atoms with Crippen LogP contribution in [-0.4, -0.2) is 50.9 Å². The van der Waals surface area contributed by atoms with Gasteiger partial charge in [-0.2, -0.15) is 0 Å². The first-order chi connectivity index (χ1) is 17.4. The predicted octanol–water partition coefficient (Wildman–Crippen LogP) is 3.88. The number of carbonyl (C=O) groups is 4. The van der Waals surface area contributed by atoms with Crippen molar-refractivity contribution < 1.29 is 38.1 Å². The molecule has 8 heteroatoms. The Morgan fingerprint density at radius 2 is 1.17 bits per heavy atom. The monoisotopic (exact) mass is 488 g/mol. The highest BCUT2D eigenvalue weighted by molar-refractivity contribution is 6.49. The van der Waals surface area contributed by atoms with Gasteiger partial charge in [-0.15, -0.1) is 0 Å². The molecule has 0 aliphatic carbocycles. The maximum atomic E-state index is 13.3. The van der Waals surface area contributed by atoms with Gasteiger partial charge >= 0.3 is 11.9 Å². The summed E-state index contributed by atoms with van der Waals surface area (Å²) in [6.45, 7) is 0.732. The summed E-state index contributed by atoms with van der Waals surface area (Å²) >= 11 is 0. The highest BCUT2D eigenvalue weighted by atomic mass is 16.6. The van der Waals surface area contributed by atoms with E-state index in [0.29, 0.717) is 48.7 Å². The van der Waals surface area contributed by atoms with E-state index < -0.39 is 23.5 Å². The van der Waals surface area contributed by atoms with Crippen molar-refractivity contribution in [3.8, 4) is 11.5 Å². The number of ketones is 2. The maximum absolute atomic E-state index is 13.3. The topological polar surface area (TPSA) is 105 Å². The number of hydrogen-bond acceptors (Lipinski definition) is 8. The van der Waals surface area contributed by atoms with Crippen LogP contribution in [0.1, 0.15) is 52.6 Å². The van der Waals surface area contributed by atoms with Crippen molar-refractivity contribution in [1.82, 2.24) is 0 Å². The van der Waals surface area contributed by atoms with Gasteiger partial charge < -0.3 is 18.9 Å². The summed E-state index contributed by atoms with van der Waals surface area (Å²) in [6.07, 6.45) is 1.01. The fourth-order valence-electron chi connectivity index (χ4n) is 3.88. The summed E-state index contributed by atoms with van der Waals surface area (Å²) in [7, 11) is 2.59. The molecule has 0 spiro atoms. The van der Waals surface area contributed by atoms with Crippen LogP contribution in [0.25, 0.3) is 0 Å². The van der Waals surface area contributed by atoms with E-state index >= 15 is 0 Å². The van der Waals surface area contributed by atoms with Gasteiger partial charge in [0.1, 0.15) is 13.2 Å². The first kappa shape index (κ1) is 24.7. The Morgan fingerprint density at radius 3 is 1.72 bits per heavy atom. The molecule has 0 saturated carbocycles. The smallest absolute Gasteiger partial charge is 0.337 e. The van der Waals surface area contributed by atoms with E-state index in [0.717, 1.165) is 5.56 Å². The molecule has 0 atom stereocenters. The zero-order valence-electron chi connectivity index (χ0n) is 19.9. The molecule has 1 aliphatic heterocycles. The van der Waals surface area contributed by atoms with E-state index in [4.69, 9.17) is 14.2 Å². The molecule has 0 N–H and O–H groups in total. The third-order valence-electron chi connectivity index (χ3n) is 5.85. The number of carbonyl (C=O) groups excluding carboxylic acids is 4. The van der Waals surface area contributed by atoms with Crippen LogP contribution < -0.4 is 9.47 Å². The van der Waals surface area contributed by atoms with E-state index in [2.05, 4.69) is 4.74 Å². The van der Waals surface area contributed by atoms with E-state index in [1.807, 2.05) is 12.1 Å². The molecule has 0 bridgehead atoms. The summed E-state index contributed by atoms with van der Waals surface area (Å²) in [5.74, 6) is -1.41. The van der Waals surface area contributed by atoms with Gasteiger partial charge in [-0.05, 0) is 60.4 Å². The van der Waals surface area contributed by atoms with Gasteiger partial charge in [0.15, 0.2) is 11.5 Å². The summed E-state index contributed by atoms with van der Waals surface area (Å²) < 4.78 is 20.7. The van der Waals surface area contributed by atoms with Gasteiger partial charge in [0, 0.05) is 11.1 Å². The van der Waals surface area contributed by atoms with Crippen LogP contribution in [-0.2, 0) is 22.3 Å². The van der Waals surface area contributed by atoms with Crippen molar-refractivity contribution in [3.63, 3.8) is 0 Å². The second-order valence-electron chi connectivity index (χ2n) is 8.07. The molecule has 0 aromatic heterocycles. The SMILES string of the molecule is COC(=O)c1ccc(CCc2cc3c(cc2C(=O)C(=O)c2ccc(C(=O)OC)cc2)OCCO3)cc1. The Morgan fingerprint density at radius 1 is 0.667 bits per heavy atom. The molecule has 1 aliphatic rings. The molecule has 3 aromatic carbocycles. The highest BCUT2D eigenvalue weighted by Gasteiger charge is 2.25. The van der Waals surface area contributed by atoms with Crippen LogP contribution in [0.2, 0.25) is 0 Å². The van der Waals surface area contributed by atoms with E-state index in [1.54, 1.807) is 24.3 Å². The fourth-order valence-corrected chi connectivity index (χ4v) is 3.88. The minimum absolute atomic E-state index is 0.159. The number of methoxy groups -OCH3 is 2. The quantitative estimate of drug-likeness (QED) is 0.267. The molecular formula is C28H24O8. The number of fused-ring (bicyclic) bond motifs is 1. The predicted molar refractivity (Wildman–Crippen MR) is 129 cm³/mol. The van der Waals surface area contributed by atoms with Crippen molar-refractivity contribution >= 4 is 23.5 Å². The molecule has 0 fully saturated rings. The Balaban J connectivity index is 1.59. The van der Waals surface area contributed by atoms with Crippen LogP contribution in [0.5, 0.6) is 11.5 Å². The molecule has 1 heterocycles. The lowest BCUT2D eigenvalue weighted by Crippen LogP contribution is -2.20. The molecular weight excluding hydrogens is 464 g/mol. The number of ether oxygens (including phenoxy) is 4. The van der Waals surface area contributed by atoms with Gasteiger partial charge in [-0.1, -0.05) is 24.3 Å². The number of Topliss-reactive ketones (excluding diaryl/α,β-unsaturated/α-hetero) is 2. The van der Waals surface area contributed by atoms with Crippen LogP contribution >= 0.6 is 0 Å². The molecule has 36 heavy (non-hydrogen) atoms. The summed E-state index contributed by atoms with van der Waals surface area (Å²) in [5.41, 5.74) is 2.70. The maximum Gasteiger partial charge on any atom is 0.337 e. The lowest BCUT2D eigenvalue weighted by molar-refractivity contribution is 0.0592. The molecule has 0 saturated heterocycles. The third-order valence-corrected chi connectivity index (χ3v) is 5.85. The average Bonchev–Trinajstić information content (AvgIpc) is 2.94. The van der Waals surface area contributed by atoms with Gasteiger partial charge in [-0.3, -0.25) is 9.59 Å². The highest BCUT2D eigenvalue weighted by Crippen LogP contribution is 2.34. The average molecular weight is 488 g/mol. The lowest BCUT2D eigenvalue weighted by Gasteiger charge is -2.21. The normalized spacial score (nSPS) is 11.9. The van der Waals surface area contributed by atoms with Gasteiger partial charge in [-0.25, -0.2) is 9.59 Å². The Kier molecular flexibility index (Phi) is 7.44. The van der Waals surface area contributed by atoms with Gasteiger partial charge in [0.2, 0.25) is 11.6 Å². The summed E-state index contributed by atoms with van der Waals surface area (Å²) in [5, 5.41) is 0. The van der Waals surface area contributed by atoms with Crippen LogP contribution in [0.3, 0.4) is 0 Å². The lowest BCUT2D eigenvalue weighted by atomic mass is 9.93. The number of esters is 2. The van der Waals surface area contributed by atoms with E-state index in [-0.39, 0.29) is 16.7 Å². The molecule has 3 aromatic rings. The summed E-state index contributed by atoms with van der Waals surface area (Å²) in [4.78, 5) is 49.7. The van der Waals surface area contributed by atoms with Gasteiger partial charge in [0.05, 0.1) is 25.3 Å². The molecule has 0 amide bonds. The summed E-state index contributed by atoms with van der Waals surface area (Å²) in [6, 6.07) is 16.0. The van der Waals surface area contributed by atoms with Crippen molar-refractivity contribution in [1.29, 1.82) is 0 Å². The number of rotatable bonds is 8. The third kappa shape index (κ3) is 5.27. The zero-order valence-corrected chi connectivity index (χ0v) is 19.9. The van der Waals surface area contributed by atoms with Crippen LogP contribution in [0, 0.1) is 0 Å². The second kappa shape index (κ2) is 10.9. The van der Waals surface area contributed by atoms with Gasteiger partial charge in [0.25, 0.3) is 0 Å². The number of benzene rings is 3. The minimum atomic E-state index is -0.702. The van der Waals surface area contributed by atoms with E-state index in [1.165, 1.54) is 38.5 Å². The van der Waals surface area contributed by atoms with Crippen molar-refractivity contribution in [2.75, 3.05) is 27.4 Å². The zero-order chi connectivity index (χ0) is 25.7. The minimum Gasteiger partial charge on any atom is -0.486 e.